The van der Waals surface area contributed by atoms with Gasteiger partial charge in [0.05, 0.1) is 0 Å². The lowest BCUT2D eigenvalue weighted by Crippen LogP contribution is -2.34. The largest absolute Gasteiger partial charge is 0.484 e. The lowest BCUT2D eigenvalue weighted by Gasteiger charge is -2.11. The van der Waals surface area contributed by atoms with E-state index in [1.807, 2.05) is 50.2 Å². The van der Waals surface area contributed by atoms with E-state index in [4.69, 9.17) is 4.74 Å². The van der Waals surface area contributed by atoms with E-state index >= 15 is 0 Å². The van der Waals surface area contributed by atoms with Gasteiger partial charge in [0.15, 0.2) is 6.61 Å². The molecule has 0 aromatic heterocycles. The molecule has 138 valence electrons. The third kappa shape index (κ3) is 7.30. The van der Waals surface area contributed by atoms with Gasteiger partial charge in [0, 0.05) is 21.8 Å². The molecule has 0 aliphatic carbocycles. The van der Waals surface area contributed by atoms with Crippen LogP contribution in [-0.2, 0) is 11.3 Å². The van der Waals surface area contributed by atoms with E-state index in [0.29, 0.717) is 18.0 Å². The van der Waals surface area contributed by atoms with Gasteiger partial charge in [-0.2, -0.15) is 0 Å². The summed E-state index contributed by atoms with van der Waals surface area (Å²) in [5.74, 6) is 0.470. The third-order valence-corrected chi connectivity index (χ3v) is 4.02. The fourth-order valence-corrected chi connectivity index (χ4v) is 2.43. The SMILES string of the molecule is CC(C)NC(=O)Nc1ccc(CNC(=O)COc2ccc(I)cc2)cc1. The number of ether oxygens (including phenoxy) is 1. The number of nitrogens with one attached hydrogen (secondary N) is 3. The highest BCUT2D eigenvalue weighted by Gasteiger charge is 2.05. The Bertz CT molecular complexity index is 731. The van der Waals surface area contributed by atoms with Crippen LogP contribution < -0.4 is 20.7 Å². The summed E-state index contributed by atoms with van der Waals surface area (Å²) in [6.45, 7) is 4.16. The van der Waals surface area contributed by atoms with Gasteiger partial charge >= 0.3 is 6.03 Å². The maximum absolute atomic E-state index is 11.9. The summed E-state index contributed by atoms with van der Waals surface area (Å²) >= 11 is 2.21. The van der Waals surface area contributed by atoms with Crippen LogP contribution in [0.4, 0.5) is 10.5 Å². The average molecular weight is 467 g/mol. The number of urea groups is 1. The molecule has 0 aliphatic rings. The fourth-order valence-electron chi connectivity index (χ4n) is 2.07. The van der Waals surface area contributed by atoms with Crippen LogP contribution in [0, 0.1) is 3.57 Å². The fraction of sp³-hybridized carbons (Fsp3) is 0.263. The lowest BCUT2D eigenvalue weighted by atomic mass is 10.2. The molecular formula is C19H22IN3O3. The number of carbonyl (C=O) groups is 2. The molecule has 0 bridgehead atoms. The molecule has 0 saturated carbocycles. The van der Waals surface area contributed by atoms with Crippen molar-refractivity contribution in [1.29, 1.82) is 0 Å². The first-order valence-electron chi connectivity index (χ1n) is 8.24. The Hall–Kier alpha value is -2.29. The minimum Gasteiger partial charge on any atom is -0.484 e. The number of carbonyl (C=O) groups excluding carboxylic acids is 2. The van der Waals surface area contributed by atoms with Gasteiger partial charge in [0.25, 0.3) is 5.91 Å². The molecule has 7 heteroatoms. The highest BCUT2D eigenvalue weighted by molar-refractivity contribution is 14.1. The van der Waals surface area contributed by atoms with Crippen molar-refractivity contribution in [3.05, 3.63) is 57.7 Å². The summed E-state index contributed by atoms with van der Waals surface area (Å²) in [5, 5.41) is 8.31. The number of anilines is 1. The third-order valence-electron chi connectivity index (χ3n) is 3.30. The van der Waals surface area contributed by atoms with Gasteiger partial charge in [-0.25, -0.2) is 4.79 Å². The Balaban J connectivity index is 1.73. The van der Waals surface area contributed by atoms with E-state index in [9.17, 15) is 9.59 Å². The zero-order valence-corrected chi connectivity index (χ0v) is 16.9. The molecule has 6 nitrogen and oxygen atoms in total. The Morgan fingerprint density at radius 1 is 1.04 bits per heavy atom. The second-order valence-corrected chi connectivity index (χ2v) is 7.22. The van der Waals surface area contributed by atoms with Gasteiger partial charge < -0.3 is 20.7 Å². The van der Waals surface area contributed by atoms with Crippen LogP contribution in [0.1, 0.15) is 19.4 Å². The highest BCUT2D eigenvalue weighted by atomic mass is 127. The van der Waals surface area contributed by atoms with Crippen molar-refractivity contribution in [3.8, 4) is 5.75 Å². The van der Waals surface area contributed by atoms with Crippen molar-refractivity contribution >= 4 is 40.2 Å². The Kier molecular flexibility index (Phi) is 7.71. The number of halogens is 1. The monoisotopic (exact) mass is 467 g/mol. The normalized spacial score (nSPS) is 10.3. The zero-order valence-electron chi connectivity index (χ0n) is 14.7. The lowest BCUT2D eigenvalue weighted by molar-refractivity contribution is -0.123. The van der Waals surface area contributed by atoms with Crippen LogP contribution in [0.25, 0.3) is 0 Å². The molecule has 26 heavy (non-hydrogen) atoms. The number of rotatable bonds is 7. The van der Waals surface area contributed by atoms with E-state index in [-0.39, 0.29) is 24.6 Å². The van der Waals surface area contributed by atoms with E-state index in [1.165, 1.54) is 0 Å². The van der Waals surface area contributed by atoms with Gasteiger partial charge in [-0.1, -0.05) is 12.1 Å². The summed E-state index contributed by atoms with van der Waals surface area (Å²) < 4.78 is 6.55. The summed E-state index contributed by atoms with van der Waals surface area (Å²) in [7, 11) is 0. The van der Waals surface area contributed by atoms with Gasteiger partial charge in [-0.15, -0.1) is 0 Å². The van der Waals surface area contributed by atoms with Crippen LogP contribution in [-0.4, -0.2) is 24.6 Å². The summed E-state index contributed by atoms with van der Waals surface area (Å²) in [6, 6.07) is 14.6. The standard InChI is InChI=1S/C19H22IN3O3/c1-13(2)22-19(25)23-16-7-3-14(4-8-16)11-21-18(24)12-26-17-9-5-15(20)6-10-17/h3-10,13H,11-12H2,1-2H3,(H,21,24)(H2,22,23,25). The second kappa shape index (κ2) is 10.0. The number of hydrogen-bond donors (Lipinski definition) is 3. The molecule has 3 amide bonds. The molecule has 2 rings (SSSR count). The molecule has 0 radical (unpaired) electrons. The van der Waals surface area contributed by atoms with Crippen LogP contribution in [0.5, 0.6) is 5.75 Å². The predicted octanol–water partition coefficient (Wildman–Crippen LogP) is 3.52. The molecule has 0 spiro atoms. The van der Waals surface area contributed by atoms with Crippen LogP contribution in [0.15, 0.2) is 48.5 Å². The van der Waals surface area contributed by atoms with Crippen LogP contribution in [0.2, 0.25) is 0 Å². The topological polar surface area (TPSA) is 79.5 Å². The van der Waals surface area contributed by atoms with Crippen molar-refractivity contribution in [2.24, 2.45) is 0 Å². The molecule has 0 atom stereocenters. The first-order valence-corrected chi connectivity index (χ1v) is 9.32. The average Bonchev–Trinajstić information content (AvgIpc) is 2.60. The van der Waals surface area contributed by atoms with Gasteiger partial charge in [0.2, 0.25) is 0 Å². The maximum Gasteiger partial charge on any atom is 0.319 e. The van der Waals surface area contributed by atoms with Gasteiger partial charge in [-0.05, 0) is 78.4 Å². The number of amides is 3. The zero-order chi connectivity index (χ0) is 18.9. The van der Waals surface area contributed by atoms with Crippen molar-refractivity contribution in [2.45, 2.75) is 26.4 Å². The smallest absolute Gasteiger partial charge is 0.319 e. The molecule has 2 aromatic carbocycles. The minimum atomic E-state index is -0.242. The molecule has 0 fully saturated rings. The summed E-state index contributed by atoms with van der Waals surface area (Å²) in [4.78, 5) is 23.5. The van der Waals surface area contributed by atoms with Crippen molar-refractivity contribution in [2.75, 3.05) is 11.9 Å². The van der Waals surface area contributed by atoms with E-state index in [2.05, 4.69) is 38.5 Å². The van der Waals surface area contributed by atoms with Gasteiger partial charge in [-0.3, -0.25) is 4.79 Å². The summed E-state index contributed by atoms with van der Waals surface area (Å²) in [6.07, 6.45) is 0. The van der Waals surface area contributed by atoms with Crippen molar-refractivity contribution in [3.63, 3.8) is 0 Å². The van der Waals surface area contributed by atoms with Crippen LogP contribution in [0.3, 0.4) is 0 Å². The van der Waals surface area contributed by atoms with E-state index < -0.39 is 0 Å². The second-order valence-electron chi connectivity index (χ2n) is 5.97. The molecule has 2 aromatic rings. The Morgan fingerprint density at radius 2 is 1.69 bits per heavy atom. The van der Waals surface area contributed by atoms with Crippen molar-refractivity contribution in [1.82, 2.24) is 10.6 Å². The predicted molar refractivity (Wildman–Crippen MR) is 110 cm³/mol. The Labute approximate surface area is 166 Å². The molecule has 0 heterocycles. The molecular weight excluding hydrogens is 445 g/mol. The quantitative estimate of drug-likeness (QED) is 0.546. The van der Waals surface area contributed by atoms with E-state index in [1.54, 1.807) is 12.1 Å². The van der Waals surface area contributed by atoms with Crippen molar-refractivity contribution < 1.29 is 14.3 Å². The first-order chi connectivity index (χ1) is 12.4. The number of hydrogen-bond acceptors (Lipinski definition) is 3. The molecule has 0 saturated heterocycles. The molecule has 0 aliphatic heterocycles. The Morgan fingerprint density at radius 3 is 2.31 bits per heavy atom. The minimum absolute atomic E-state index is 0.0321. The maximum atomic E-state index is 11.9. The molecule has 0 unspecified atom stereocenters. The summed E-state index contributed by atoms with van der Waals surface area (Å²) in [5.41, 5.74) is 1.63. The van der Waals surface area contributed by atoms with E-state index in [0.717, 1.165) is 9.13 Å². The molecule has 3 N–H and O–H groups in total. The van der Waals surface area contributed by atoms with Gasteiger partial charge in [0.1, 0.15) is 5.75 Å². The van der Waals surface area contributed by atoms with Crippen LogP contribution >= 0.6 is 22.6 Å². The highest BCUT2D eigenvalue weighted by Crippen LogP contribution is 2.13. The number of benzene rings is 2. The first kappa shape index (κ1) is 20.0.